The molecule has 6 heteroatoms. The number of hydrogen-bond acceptors (Lipinski definition) is 4. The lowest BCUT2D eigenvalue weighted by Crippen LogP contribution is -2.33. The fourth-order valence-corrected chi connectivity index (χ4v) is 2.90. The molecule has 0 fully saturated rings. The Morgan fingerprint density at radius 3 is 2.68 bits per heavy atom. The number of benzene rings is 1. The fourth-order valence-electron chi connectivity index (χ4n) is 2.56. The first-order valence-corrected chi connectivity index (χ1v) is 7.97. The predicted octanol–water partition coefficient (Wildman–Crippen LogP) is 3.12. The quantitative estimate of drug-likeness (QED) is 0.822. The molecule has 1 heterocycles. The Labute approximate surface area is 136 Å². The zero-order valence-corrected chi connectivity index (χ0v) is 14.0. The zero-order chi connectivity index (χ0) is 16.1. The van der Waals surface area contributed by atoms with Gasteiger partial charge in [-0.2, -0.15) is 5.10 Å². The van der Waals surface area contributed by atoms with Crippen LogP contribution in [-0.2, 0) is 0 Å². The first-order chi connectivity index (χ1) is 10.5. The van der Waals surface area contributed by atoms with Gasteiger partial charge in [0.25, 0.3) is 0 Å². The third-order valence-corrected chi connectivity index (χ3v) is 4.07. The first kappa shape index (κ1) is 16.9. The van der Waals surface area contributed by atoms with E-state index in [1.165, 1.54) is 6.33 Å². The van der Waals surface area contributed by atoms with E-state index < -0.39 is 0 Å². The van der Waals surface area contributed by atoms with Crippen molar-refractivity contribution in [2.24, 2.45) is 0 Å². The summed E-state index contributed by atoms with van der Waals surface area (Å²) in [4.78, 5) is 3.94. The van der Waals surface area contributed by atoms with Crippen molar-refractivity contribution in [2.75, 3.05) is 0 Å². The van der Waals surface area contributed by atoms with Gasteiger partial charge in [0, 0.05) is 17.1 Å². The summed E-state index contributed by atoms with van der Waals surface area (Å²) < 4.78 is 1.68. The predicted molar refractivity (Wildman–Crippen MR) is 88.3 cm³/mol. The molecule has 3 atom stereocenters. The Morgan fingerprint density at radius 1 is 1.36 bits per heavy atom. The number of aliphatic hydroxyl groups excluding tert-OH is 1. The standard InChI is InChI=1S/C16H23ClN4O/c1-4-13(7-11(2)22)20-12(3)15-6-5-14(8-16(15)17)21-10-18-9-19-21/h5-6,8-13,20,22H,4,7H2,1-3H3. The van der Waals surface area contributed by atoms with Crippen LogP contribution < -0.4 is 5.32 Å². The molecule has 2 N–H and O–H groups in total. The van der Waals surface area contributed by atoms with E-state index in [4.69, 9.17) is 11.6 Å². The van der Waals surface area contributed by atoms with Gasteiger partial charge in [0.2, 0.25) is 0 Å². The largest absolute Gasteiger partial charge is 0.393 e. The van der Waals surface area contributed by atoms with Crippen molar-refractivity contribution in [3.63, 3.8) is 0 Å². The van der Waals surface area contributed by atoms with E-state index in [0.29, 0.717) is 5.02 Å². The van der Waals surface area contributed by atoms with Crippen LogP contribution in [0.4, 0.5) is 0 Å². The number of hydrogen-bond donors (Lipinski definition) is 2. The van der Waals surface area contributed by atoms with E-state index in [9.17, 15) is 5.11 Å². The Bertz CT molecular complexity index is 586. The highest BCUT2D eigenvalue weighted by molar-refractivity contribution is 6.31. The van der Waals surface area contributed by atoms with Crippen molar-refractivity contribution in [2.45, 2.75) is 51.8 Å². The normalized spacial score (nSPS) is 15.5. The van der Waals surface area contributed by atoms with E-state index in [2.05, 4.69) is 29.2 Å². The van der Waals surface area contributed by atoms with Gasteiger partial charge in [-0.05, 0) is 44.4 Å². The second-order valence-corrected chi connectivity index (χ2v) is 6.03. The summed E-state index contributed by atoms with van der Waals surface area (Å²) in [6, 6.07) is 6.25. The van der Waals surface area contributed by atoms with Crippen LogP contribution in [0, 0.1) is 0 Å². The second-order valence-electron chi connectivity index (χ2n) is 5.62. The smallest absolute Gasteiger partial charge is 0.138 e. The molecule has 1 aromatic heterocycles. The van der Waals surface area contributed by atoms with Crippen molar-refractivity contribution < 1.29 is 5.11 Å². The second kappa shape index (κ2) is 7.72. The van der Waals surface area contributed by atoms with Crippen LogP contribution in [0.2, 0.25) is 5.02 Å². The van der Waals surface area contributed by atoms with Crippen LogP contribution in [0.3, 0.4) is 0 Å². The monoisotopic (exact) mass is 322 g/mol. The summed E-state index contributed by atoms with van der Waals surface area (Å²) in [5.74, 6) is 0. The van der Waals surface area contributed by atoms with Crippen molar-refractivity contribution in [1.29, 1.82) is 0 Å². The molecule has 0 bridgehead atoms. The molecule has 5 nitrogen and oxygen atoms in total. The van der Waals surface area contributed by atoms with E-state index >= 15 is 0 Å². The molecule has 1 aromatic carbocycles. The SMILES string of the molecule is CCC(CC(C)O)NC(C)c1ccc(-n2cncn2)cc1Cl. The van der Waals surface area contributed by atoms with Crippen LogP contribution in [0.5, 0.6) is 0 Å². The Hall–Kier alpha value is -1.43. The van der Waals surface area contributed by atoms with E-state index in [1.54, 1.807) is 11.0 Å². The van der Waals surface area contributed by atoms with Gasteiger partial charge in [-0.15, -0.1) is 0 Å². The molecule has 0 aliphatic heterocycles. The minimum absolute atomic E-state index is 0.112. The minimum atomic E-state index is -0.310. The maximum absolute atomic E-state index is 9.55. The number of halogens is 1. The van der Waals surface area contributed by atoms with E-state index in [0.717, 1.165) is 24.1 Å². The topological polar surface area (TPSA) is 63.0 Å². The summed E-state index contributed by atoms with van der Waals surface area (Å²) >= 11 is 6.42. The van der Waals surface area contributed by atoms with E-state index in [-0.39, 0.29) is 18.2 Å². The third-order valence-electron chi connectivity index (χ3n) is 3.74. The number of aliphatic hydroxyl groups is 1. The number of rotatable bonds is 7. The van der Waals surface area contributed by atoms with Crippen LogP contribution in [0.1, 0.15) is 45.2 Å². The van der Waals surface area contributed by atoms with Gasteiger partial charge in [-0.1, -0.05) is 24.6 Å². The van der Waals surface area contributed by atoms with Crippen molar-refractivity contribution in [3.8, 4) is 5.69 Å². The van der Waals surface area contributed by atoms with Crippen molar-refractivity contribution in [1.82, 2.24) is 20.1 Å². The number of nitrogens with zero attached hydrogens (tertiary/aromatic N) is 3. The highest BCUT2D eigenvalue weighted by Crippen LogP contribution is 2.26. The number of nitrogens with one attached hydrogen (secondary N) is 1. The van der Waals surface area contributed by atoms with Gasteiger partial charge in [0.1, 0.15) is 12.7 Å². The van der Waals surface area contributed by atoms with Gasteiger partial charge in [-0.25, -0.2) is 9.67 Å². The maximum Gasteiger partial charge on any atom is 0.138 e. The van der Waals surface area contributed by atoms with Crippen LogP contribution in [0.15, 0.2) is 30.9 Å². The average molecular weight is 323 g/mol. The molecule has 2 aromatic rings. The molecule has 0 amide bonds. The molecule has 0 aliphatic rings. The summed E-state index contributed by atoms with van der Waals surface area (Å²) in [6.07, 6.45) is 4.52. The molecule has 0 aliphatic carbocycles. The molecular formula is C16H23ClN4O. The highest BCUT2D eigenvalue weighted by Gasteiger charge is 2.16. The fraction of sp³-hybridized carbons (Fsp3) is 0.500. The number of aromatic nitrogens is 3. The molecule has 22 heavy (non-hydrogen) atoms. The summed E-state index contributed by atoms with van der Waals surface area (Å²) in [6.45, 7) is 6.01. The first-order valence-electron chi connectivity index (χ1n) is 7.59. The summed E-state index contributed by atoms with van der Waals surface area (Å²) in [7, 11) is 0. The minimum Gasteiger partial charge on any atom is -0.393 e. The lowest BCUT2D eigenvalue weighted by molar-refractivity contribution is 0.164. The lowest BCUT2D eigenvalue weighted by atomic mass is 10.0. The zero-order valence-electron chi connectivity index (χ0n) is 13.2. The molecule has 0 radical (unpaired) electrons. The maximum atomic E-state index is 9.55. The Kier molecular flexibility index (Phi) is 5.94. The highest BCUT2D eigenvalue weighted by atomic mass is 35.5. The lowest BCUT2D eigenvalue weighted by Gasteiger charge is -2.24. The third kappa shape index (κ3) is 4.29. The van der Waals surface area contributed by atoms with Gasteiger partial charge in [0.15, 0.2) is 0 Å². The Balaban J connectivity index is 2.11. The summed E-state index contributed by atoms with van der Waals surface area (Å²) in [5, 5.41) is 17.9. The van der Waals surface area contributed by atoms with Crippen molar-refractivity contribution >= 4 is 11.6 Å². The van der Waals surface area contributed by atoms with E-state index in [1.807, 2.05) is 25.1 Å². The average Bonchev–Trinajstić information content (AvgIpc) is 2.99. The molecular weight excluding hydrogens is 300 g/mol. The molecule has 0 saturated heterocycles. The van der Waals surface area contributed by atoms with Gasteiger partial charge in [-0.3, -0.25) is 0 Å². The van der Waals surface area contributed by atoms with Crippen LogP contribution in [-0.4, -0.2) is 32.0 Å². The van der Waals surface area contributed by atoms with Crippen LogP contribution >= 0.6 is 11.6 Å². The molecule has 0 saturated carbocycles. The molecule has 120 valence electrons. The van der Waals surface area contributed by atoms with Crippen LogP contribution in [0.25, 0.3) is 5.69 Å². The molecule has 2 rings (SSSR count). The van der Waals surface area contributed by atoms with Gasteiger partial charge >= 0.3 is 0 Å². The van der Waals surface area contributed by atoms with Gasteiger partial charge < -0.3 is 10.4 Å². The Morgan fingerprint density at radius 2 is 2.14 bits per heavy atom. The van der Waals surface area contributed by atoms with Crippen molar-refractivity contribution in [3.05, 3.63) is 41.4 Å². The molecule has 3 unspecified atom stereocenters. The summed E-state index contributed by atoms with van der Waals surface area (Å²) in [5.41, 5.74) is 1.92. The van der Waals surface area contributed by atoms with Gasteiger partial charge in [0.05, 0.1) is 11.8 Å². The molecule has 0 spiro atoms.